The highest BCUT2D eigenvalue weighted by Crippen LogP contribution is 2.34. The number of halogens is 2. The van der Waals surface area contributed by atoms with Gasteiger partial charge < -0.3 is 5.11 Å². The van der Waals surface area contributed by atoms with Gasteiger partial charge in [0.05, 0.1) is 6.61 Å². The Morgan fingerprint density at radius 2 is 1.81 bits per heavy atom. The van der Waals surface area contributed by atoms with E-state index in [1.807, 2.05) is 0 Å². The van der Waals surface area contributed by atoms with E-state index in [0.717, 1.165) is 45.0 Å². The SMILES string of the molecule is CCc1ccc(CN2CCCC(CO)(Cc3ccc(F)cc3F)C2)cc1. The van der Waals surface area contributed by atoms with E-state index in [2.05, 4.69) is 36.1 Å². The molecule has 1 unspecified atom stereocenters. The summed E-state index contributed by atoms with van der Waals surface area (Å²) in [6.45, 7) is 4.68. The van der Waals surface area contributed by atoms with E-state index < -0.39 is 11.6 Å². The van der Waals surface area contributed by atoms with Crippen molar-refractivity contribution in [1.29, 1.82) is 0 Å². The van der Waals surface area contributed by atoms with Gasteiger partial charge >= 0.3 is 0 Å². The minimum absolute atomic E-state index is 0.00902. The predicted molar refractivity (Wildman–Crippen MR) is 99.9 cm³/mol. The van der Waals surface area contributed by atoms with Gasteiger partial charge in [-0.2, -0.15) is 0 Å². The van der Waals surface area contributed by atoms with Crippen LogP contribution in [0.3, 0.4) is 0 Å². The van der Waals surface area contributed by atoms with Crippen molar-refractivity contribution in [2.45, 2.75) is 39.2 Å². The average molecular weight is 359 g/mol. The number of aliphatic hydroxyl groups is 1. The van der Waals surface area contributed by atoms with Crippen LogP contribution in [0.25, 0.3) is 0 Å². The van der Waals surface area contributed by atoms with Crippen LogP contribution in [0.5, 0.6) is 0 Å². The second-order valence-electron chi connectivity index (χ2n) is 7.55. The zero-order valence-corrected chi connectivity index (χ0v) is 15.3. The molecule has 1 aliphatic heterocycles. The number of aliphatic hydroxyl groups excluding tert-OH is 1. The van der Waals surface area contributed by atoms with E-state index in [-0.39, 0.29) is 12.0 Å². The van der Waals surface area contributed by atoms with E-state index >= 15 is 0 Å². The summed E-state index contributed by atoms with van der Waals surface area (Å²) in [6, 6.07) is 12.4. The van der Waals surface area contributed by atoms with E-state index in [9.17, 15) is 13.9 Å². The number of rotatable bonds is 6. The quantitative estimate of drug-likeness (QED) is 0.829. The van der Waals surface area contributed by atoms with E-state index in [1.165, 1.54) is 23.3 Å². The Kier molecular flexibility index (Phi) is 6.05. The van der Waals surface area contributed by atoms with Crippen LogP contribution >= 0.6 is 0 Å². The van der Waals surface area contributed by atoms with Gasteiger partial charge in [0, 0.05) is 24.6 Å². The molecule has 2 aromatic rings. The van der Waals surface area contributed by atoms with Crippen molar-refractivity contribution in [3.8, 4) is 0 Å². The molecule has 2 aromatic carbocycles. The summed E-state index contributed by atoms with van der Waals surface area (Å²) in [4.78, 5) is 2.34. The van der Waals surface area contributed by atoms with Crippen molar-refractivity contribution in [2.75, 3.05) is 19.7 Å². The molecule has 0 amide bonds. The van der Waals surface area contributed by atoms with Gasteiger partial charge in [-0.25, -0.2) is 8.78 Å². The van der Waals surface area contributed by atoms with Gasteiger partial charge in [0.25, 0.3) is 0 Å². The normalized spacial score (nSPS) is 21.1. The van der Waals surface area contributed by atoms with Crippen molar-refractivity contribution in [3.63, 3.8) is 0 Å². The second kappa shape index (κ2) is 8.28. The Bertz CT molecular complexity index is 731. The number of piperidine rings is 1. The maximum Gasteiger partial charge on any atom is 0.129 e. The number of nitrogens with zero attached hydrogens (tertiary/aromatic N) is 1. The molecule has 26 heavy (non-hydrogen) atoms. The van der Waals surface area contributed by atoms with Gasteiger partial charge in [-0.15, -0.1) is 0 Å². The van der Waals surface area contributed by atoms with Gasteiger partial charge in [-0.05, 0) is 55.0 Å². The molecule has 1 fully saturated rings. The van der Waals surface area contributed by atoms with Gasteiger partial charge in [0.1, 0.15) is 11.6 Å². The first-order valence-corrected chi connectivity index (χ1v) is 9.38. The summed E-state index contributed by atoms with van der Waals surface area (Å²) in [7, 11) is 0. The minimum Gasteiger partial charge on any atom is -0.396 e. The van der Waals surface area contributed by atoms with E-state index in [1.54, 1.807) is 0 Å². The van der Waals surface area contributed by atoms with E-state index in [0.29, 0.717) is 12.0 Å². The Morgan fingerprint density at radius 1 is 1.08 bits per heavy atom. The summed E-state index contributed by atoms with van der Waals surface area (Å²) < 4.78 is 27.3. The average Bonchev–Trinajstić information content (AvgIpc) is 2.65. The topological polar surface area (TPSA) is 23.5 Å². The van der Waals surface area contributed by atoms with Crippen molar-refractivity contribution >= 4 is 0 Å². The lowest BCUT2D eigenvalue weighted by Gasteiger charge is -2.42. The van der Waals surface area contributed by atoms with Gasteiger partial charge in [0.15, 0.2) is 0 Å². The minimum atomic E-state index is -0.565. The van der Waals surface area contributed by atoms with Gasteiger partial charge in [0.2, 0.25) is 0 Å². The largest absolute Gasteiger partial charge is 0.396 e. The lowest BCUT2D eigenvalue weighted by atomic mass is 9.75. The van der Waals surface area contributed by atoms with E-state index in [4.69, 9.17) is 0 Å². The highest BCUT2D eigenvalue weighted by molar-refractivity contribution is 5.23. The zero-order chi connectivity index (χ0) is 18.6. The standard InChI is InChI=1S/C22H27F2NO/c1-2-17-4-6-18(7-5-17)14-25-11-3-10-22(15-25,16-26)13-19-8-9-20(23)12-21(19)24/h4-9,12,26H,2-3,10-11,13-16H2,1H3. The van der Waals surface area contributed by atoms with Crippen LogP contribution in [0.1, 0.15) is 36.5 Å². The lowest BCUT2D eigenvalue weighted by molar-refractivity contribution is 0.0283. The predicted octanol–water partition coefficient (Wildman–Crippen LogP) is 4.34. The highest BCUT2D eigenvalue weighted by atomic mass is 19.1. The Labute approximate surface area is 154 Å². The molecule has 2 nitrogen and oxygen atoms in total. The van der Waals surface area contributed by atoms with Gasteiger partial charge in [-0.3, -0.25) is 4.90 Å². The molecule has 0 spiro atoms. The molecule has 1 N–H and O–H groups in total. The van der Waals surface area contributed by atoms with Crippen LogP contribution in [0.15, 0.2) is 42.5 Å². The fourth-order valence-electron chi connectivity index (χ4n) is 3.98. The number of hydrogen-bond donors (Lipinski definition) is 1. The summed E-state index contributed by atoms with van der Waals surface area (Å²) in [5.41, 5.74) is 2.68. The van der Waals surface area contributed by atoms with Crippen molar-refractivity contribution < 1.29 is 13.9 Å². The smallest absolute Gasteiger partial charge is 0.129 e. The third-order valence-electron chi connectivity index (χ3n) is 5.49. The molecule has 1 aliphatic rings. The third-order valence-corrected chi connectivity index (χ3v) is 5.49. The first-order valence-electron chi connectivity index (χ1n) is 9.38. The molecule has 140 valence electrons. The monoisotopic (exact) mass is 359 g/mol. The number of hydrogen-bond acceptors (Lipinski definition) is 2. The molecular formula is C22H27F2NO. The molecule has 1 heterocycles. The summed E-state index contributed by atoms with van der Waals surface area (Å²) in [5.74, 6) is -1.09. The third kappa shape index (κ3) is 4.49. The summed E-state index contributed by atoms with van der Waals surface area (Å²) in [5, 5.41) is 10.1. The number of aryl methyl sites for hydroxylation is 1. The van der Waals surface area contributed by atoms with Crippen LogP contribution < -0.4 is 0 Å². The summed E-state index contributed by atoms with van der Waals surface area (Å²) >= 11 is 0. The first kappa shape index (κ1) is 19.0. The molecule has 0 aromatic heterocycles. The van der Waals surface area contributed by atoms with Crippen LogP contribution in [-0.4, -0.2) is 29.7 Å². The molecular weight excluding hydrogens is 332 g/mol. The molecule has 3 rings (SSSR count). The fraction of sp³-hybridized carbons (Fsp3) is 0.455. The molecule has 1 saturated heterocycles. The molecule has 0 radical (unpaired) electrons. The molecule has 1 atom stereocenters. The van der Waals surface area contributed by atoms with Crippen LogP contribution in [0.4, 0.5) is 8.78 Å². The van der Waals surface area contributed by atoms with Crippen LogP contribution in [0, 0.1) is 17.0 Å². The molecule has 4 heteroatoms. The zero-order valence-electron chi connectivity index (χ0n) is 15.3. The Hall–Kier alpha value is -1.78. The van der Waals surface area contributed by atoms with Gasteiger partial charge in [-0.1, -0.05) is 37.3 Å². The van der Waals surface area contributed by atoms with Crippen LogP contribution in [0.2, 0.25) is 0 Å². The number of benzene rings is 2. The molecule has 0 bridgehead atoms. The molecule has 0 saturated carbocycles. The Balaban J connectivity index is 1.71. The van der Waals surface area contributed by atoms with Crippen LogP contribution in [-0.2, 0) is 19.4 Å². The highest BCUT2D eigenvalue weighted by Gasteiger charge is 2.35. The number of likely N-dealkylation sites (tertiary alicyclic amines) is 1. The summed E-state index contributed by atoms with van der Waals surface area (Å²) in [6.07, 6.45) is 3.28. The Morgan fingerprint density at radius 3 is 2.46 bits per heavy atom. The maximum absolute atomic E-state index is 14.1. The van der Waals surface area contributed by atoms with Crippen molar-refractivity contribution in [3.05, 3.63) is 70.8 Å². The lowest BCUT2D eigenvalue weighted by Crippen LogP contribution is -2.46. The maximum atomic E-state index is 14.1. The second-order valence-corrected chi connectivity index (χ2v) is 7.55. The molecule has 0 aliphatic carbocycles. The van der Waals surface area contributed by atoms with Crippen molar-refractivity contribution in [2.24, 2.45) is 5.41 Å². The fourth-order valence-corrected chi connectivity index (χ4v) is 3.98. The van der Waals surface area contributed by atoms with Crippen molar-refractivity contribution in [1.82, 2.24) is 4.90 Å². The first-order chi connectivity index (χ1) is 12.5.